The Bertz CT molecular complexity index is 340. The number of rotatable bonds is 3. The fourth-order valence-corrected chi connectivity index (χ4v) is 0.813. The number of imidazole rings is 1. The van der Waals surface area contributed by atoms with Crippen molar-refractivity contribution >= 4 is 17.4 Å². The van der Waals surface area contributed by atoms with Gasteiger partial charge in [0.15, 0.2) is 11.5 Å². The minimum absolute atomic E-state index is 0.257. The van der Waals surface area contributed by atoms with Crippen molar-refractivity contribution in [3.05, 3.63) is 12.0 Å². The first-order valence-electron chi connectivity index (χ1n) is 4.02. The predicted molar refractivity (Wildman–Crippen MR) is 50.2 cm³/mol. The van der Waals surface area contributed by atoms with Gasteiger partial charge in [0, 0.05) is 5.71 Å². The zero-order valence-electron chi connectivity index (χ0n) is 7.66. The molecule has 0 aliphatic heterocycles. The minimum Gasteiger partial charge on any atom is -0.364 e. The Kier molecular flexibility index (Phi) is 2.79. The topological polar surface area (TPSA) is 84.1 Å². The predicted octanol–water partition coefficient (Wildman–Crippen LogP) is 1.01. The number of carbonyl (C=O) groups excluding carboxylic acids is 1. The average Bonchev–Trinajstić information content (AvgIpc) is 2.52. The Hall–Kier alpha value is -1.65. The zero-order valence-corrected chi connectivity index (χ0v) is 7.66. The van der Waals surface area contributed by atoms with Crippen LogP contribution in [0.15, 0.2) is 11.3 Å². The van der Waals surface area contributed by atoms with Crippen molar-refractivity contribution in [1.29, 1.82) is 0 Å². The standard InChI is InChI=1S/C8H12N4O/c1-3-5(2)12-8-6(7(9)13)10-4-11-8/h4H,3H2,1-2H3,(H2,9,13)(H,10,11)/b12-5+. The molecule has 0 unspecified atom stereocenters. The van der Waals surface area contributed by atoms with Crippen molar-refractivity contribution in [3.8, 4) is 0 Å². The number of carbonyl (C=O) groups is 1. The highest BCUT2D eigenvalue weighted by Gasteiger charge is 2.09. The van der Waals surface area contributed by atoms with Crippen molar-refractivity contribution in [1.82, 2.24) is 9.97 Å². The number of aromatic amines is 1. The number of aromatic nitrogens is 2. The molecule has 1 rings (SSSR count). The van der Waals surface area contributed by atoms with Crippen molar-refractivity contribution in [2.24, 2.45) is 10.7 Å². The molecule has 0 aromatic carbocycles. The van der Waals surface area contributed by atoms with Crippen LogP contribution in [0.1, 0.15) is 30.8 Å². The normalized spacial score (nSPS) is 11.7. The van der Waals surface area contributed by atoms with E-state index in [0.29, 0.717) is 5.82 Å². The molecule has 1 aromatic rings. The molecule has 5 heteroatoms. The highest BCUT2D eigenvalue weighted by Crippen LogP contribution is 2.13. The van der Waals surface area contributed by atoms with Crippen LogP contribution in [0.3, 0.4) is 0 Å². The lowest BCUT2D eigenvalue weighted by Crippen LogP contribution is -2.11. The van der Waals surface area contributed by atoms with Crippen LogP contribution in [0, 0.1) is 0 Å². The summed E-state index contributed by atoms with van der Waals surface area (Å²) in [6, 6.07) is 0. The fraction of sp³-hybridized carbons (Fsp3) is 0.375. The van der Waals surface area contributed by atoms with Gasteiger partial charge < -0.3 is 10.7 Å². The SMILES string of the molecule is CC/C(C)=N/c1nc[nH]c1C(N)=O. The van der Waals surface area contributed by atoms with E-state index in [1.165, 1.54) is 6.33 Å². The lowest BCUT2D eigenvalue weighted by molar-refractivity contribution is 0.0997. The molecule has 0 spiro atoms. The molecule has 13 heavy (non-hydrogen) atoms. The van der Waals surface area contributed by atoms with Gasteiger partial charge in [-0.15, -0.1) is 0 Å². The third-order valence-corrected chi connectivity index (χ3v) is 1.67. The van der Waals surface area contributed by atoms with Gasteiger partial charge >= 0.3 is 0 Å². The van der Waals surface area contributed by atoms with E-state index in [1.54, 1.807) is 0 Å². The molecule has 1 heterocycles. The number of nitrogens with one attached hydrogen (secondary N) is 1. The van der Waals surface area contributed by atoms with Gasteiger partial charge in [0.05, 0.1) is 6.33 Å². The Morgan fingerprint density at radius 1 is 1.77 bits per heavy atom. The number of hydrogen-bond acceptors (Lipinski definition) is 3. The fourth-order valence-electron chi connectivity index (χ4n) is 0.813. The van der Waals surface area contributed by atoms with Crippen LogP contribution >= 0.6 is 0 Å². The van der Waals surface area contributed by atoms with Gasteiger partial charge in [0.25, 0.3) is 5.91 Å². The summed E-state index contributed by atoms with van der Waals surface area (Å²) in [5, 5.41) is 0. The lowest BCUT2D eigenvalue weighted by atomic mass is 10.3. The van der Waals surface area contributed by atoms with Crippen LogP contribution in [0.4, 0.5) is 5.82 Å². The van der Waals surface area contributed by atoms with Crippen LogP contribution in [0.25, 0.3) is 0 Å². The van der Waals surface area contributed by atoms with Gasteiger partial charge in [-0.2, -0.15) is 0 Å². The van der Waals surface area contributed by atoms with Crippen molar-refractivity contribution in [2.75, 3.05) is 0 Å². The molecule has 0 bridgehead atoms. The van der Waals surface area contributed by atoms with Crippen LogP contribution < -0.4 is 5.73 Å². The van der Waals surface area contributed by atoms with E-state index in [-0.39, 0.29) is 5.69 Å². The molecule has 0 saturated heterocycles. The highest BCUT2D eigenvalue weighted by atomic mass is 16.1. The Labute approximate surface area is 76.1 Å². The van der Waals surface area contributed by atoms with E-state index in [0.717, 1.165) is 12.1 Å². The molecule has 5 nitrogen and oxygen atoms in total. The van der Waals surface area contributed by atoms with Gasteiger partial charge in [0.1, 0.15) is 0 Å². The Balaban J connectivity index is 3.01. The van der Waals surface area contributed by atoms with Crippen LogP contribution in [0.5, 0.6) is 0 Å². The second-order valence-corrected chi connectivity index (χ2v) is 2.67. The van der Waals surface area contributed by atoms with Crippen LogP contribution in [-0.4, -0.2) is 21.6 Å². The van der Waals surface area contributed by atoms with Gasteiger partial charge in [0.2, 0.25) is 0 Å². The number of amides is 1. The molecule has 3 N–H and O–H groups in total. The summed E-state index contributed by atoms with van der Waals surface area (Å²) in [5.41, 5.74) is 6.27. The quantitative estimate of drug-likeness (QED) is 0.680. The molecule has 0 radical (unpaired) electrons. The Morgan fingerprint density at radius 3 is 3.00 bits per heavy atom. The maximum Gasteiger partial charge on any atom is 0.269 e. The van der Waals surface area contributed by atoms with Gasteiger partial charge in [-0.3, -0.25) is 4.79 Å². The molecule has 1 amide bonds. The number of primary amides is 1. The third-order valence-electron chi connectivity index (χ3n) is 1.67. The lowest BCUT2D eigenvalue weighted by Gasteiger charge is -1.94. The maximum atomic E-state index is 10.8. The van der Waals surface area contributed by atoms with Crippen LogP contribution in [0.2, 0.25) is 0 Å². The summed E-state index contributed by atoms with van der Waals surface area (Å²) in [6.07, 6.45) is 2.23. The number of nitrogens with zero attached hydrogens (tertiary/aromatic N) is 2. The van der Waals surface area contributed by atoms with E-state index in [1.807, 2.05) is 13.8 Å². The first-order valence-corrected chi connectivity index (χ1v) is 4.02. The summed E-state index contributed by atoms with van der Waals surface area (Å²) in [5.74, 6) is -0.174. The highest BCUT2D eigenvalue weighted by molar-refractivity contribution is 5.96. The minimum atomic E-state index is -0.542. The largest absolute Gasteiger partial charge is 0.364 e. The smallest absolute Gasteiger partial charge is 0.269 e. The second-order valence-electron chi connectivity index (χ2n) is 2.67. The third kappa shape index (κ3) is 2.14. The summed E-state index contributed by atoms with van der Waals surface area (Å²) in [7, 11) is 0. The first-order chi connectivity index (χ1) is 6.15. The van der Waals surface area contributed by atoms with E-state index >= 15 is 0 Å². The Morgan fingerprint density at radius 2 is 2.46 bits per heavy atom. The molecule has 0 atom stereocenters. The maximum absolute atomic E-state index is 10.8. The number of H-pyrrole nitrogens is 1. The average molecular weight is 180 g/mol. The van der Waals surface area contributed by atoms with Crippen molar-refractivity contribution in [2.45, 2.75) is 20.3 Å². The van der Waals surface area contributed by atoms with Gasteiger partial charge in [-0.05, 0) is 13.3 Å². The molecule has 70 valence electrons. The van der Waals surface area contributed by atoms with Crippen molar-refractivity contribution < 1.29 is 4.79 Å². The van der Waals surface area contributed by atoms with E-state index in [9.17, 15) is 4.79 Å². The van der Waals surface area contributed by atoms with Crippen molar-refractivity contribution in [3.63, 3.8) is 0 Å². The number of hydrogen-bond donors (Lipinski definition) is 2. The zero-order chi connectivity index (χ0) is 9.84. The molecular weight excluding hydrogens is 168 g/mol. The van der Waals surface area contributed by atoms with Gasteiger partial charge in [-0.25, -0.2) is 9.98 Å². The van der Waals surface area contributed by atoms with E-state index in [4.69, 9.17) is 5.73 Å². The summed E-state index contributed by atoms with van der Waals surface area (Å²) < 4.78 is 0. The molecule has 0 saturated carbocycles. The molecule has 0 aliphatic carbocycles. The van der Waals surface area contributed by atoms with E-state index < -0.39 is 5.91 Å². The number of nitrogens with two attached hydrogens (primary N) is 1. The second kappa shape index (κ2) is 3.84. The summed E-state index contributed by atoms with van der Waals surface area (Å²) >= 11 is 0. The van der Waals surface area contributed by atoms with Gasteiger partial charge in [-0.1, -0.05) is 6.92 Å². The van der Waals surface area contributed by atoms with Crippen LogP contribution in [-0.2, 0) is 0 Å². The first kappa shape index (κ1) is 9.44. The molecule has 1 aromatic heterocycles. The summed E-state index contributed by atoms with van der Waals surface area (Å²) in [4.78, 5) is 21.5. The number of aliphatic imine (C=N–C) groups is 1. The summed E-state index contributed by atoms with van der Waals surface area (Å²) in [6.45, 7) is 3.86. The van der Waals surface area contributed by atoms with E-state index in [2.05, 4.69) is 15.0 Å². The monoisotopic (exact) mass is 180 g/mol. The molecule has 0 aliphatic rings. The molecule has 0 fully saturated rings. The molecular formula is C8H12N4O.